The molecule has 0 spiro atoms. The number of nitrogens with one attached hydrogen (secondary N) is 2. The quantitative estimate of drug-likeness (QED) is 0.503. The predicted molar refractivity (Wildman–Crippen MR) is 117 cm³/mol. The minimum absolute atomic E-state index is 0.0824. The molecule has 0 saturated heterocycles. The highest BCUT2D eigenvalue weighted by atomic mass is 32.2. The molecular weight excluding hydrogens is 419 g/mol. The first kappa shape index (κ1) is 22.2. The Morgan fingerprint density at radius 1 is 0.871 bits per heavy atom. The maximum absolute atomic E-state index is 12.9. The van der Waals surface area contributed by atoms with E-state index in [1.54, 1.807) is 24.3 Å². The summed E-state index contributed by atoms with van der Waals surface area (Å²) in [5, 5.41) is 2.59. The van der Waals surface area contributed by atoms with Gasteiger partial charge in [0.2, 0.25) is 5.91 Å². The third-order valence-electron chi connectivity index (χ3n) is 4.51. The molecule has 0 fully saturated rings. The number of sulfonamides is 1. The van der Waals surface area contributed by atoms with Crippen LogP contribution in [0.15, 0.2) is 77.7 Å². The summed E-state index contributed by atoms with van der Waals surface area (Å²) >= 11 is 0. The summed E-state index contributed by atoms with van der Waals surface area (Å²) in [6.07, 6.45) is -0.217. The fourth-order valence-corrected chi connectivity index (χ4v) is 3.93. The van der Waals surface area contributed by atoms with Gasteiger partial charge in [0.15, 0.2) is 5.78 Å². The average molecular weight is 440 g/mol. The number of rotatable bonds is 8. The van der Waals surface area contributed by atoms with E-state index in [2.05, 4.69) is 10.0 Å². The second-order valence-corrected chi connectivity index (χ2v) is 8.62. The van der Waals surface area contributed by atoms with E-state index in [0.29, 0.717) is 5.69 Å². The lowest BCUT2D eigenvalue weighted by atomic mass is 10.0. The van der Waals surface area contributed by atoms with E-state index >= 15 is 0 Å². The maximum atomic E-state index is 12.9. The van der Waals surface area contributed by atoms with Gasteiger partial charge in [-0.3, -0.25) is 14.3 Å². The second kappa shape index (κ2) is 9.53. The van der Waals surface area contributed by atoms with Crippen LogP contribution in [0.5, 0.6) is 0 Å². The van der Waals surface area contributed by atoms with Crippen molar-refractivity contribution in [3.05, 3.63) is 89.7 Å². The molecule has 31 heavy (non-hydrogen) atoms. The monoisotopic (exact) mass is 440 g/mol. The van der Waals surface area contributed by atoms with E-state index in [-0.39, 0.29) is 34.8 Å². The van der Waals surface area contributed by atoms with Gasteiger partial charge in [-0.15, -0.1) is 0 Å². The summed E-state index contributed by atoms with van der Waals surface area (Å²) in [4.78, 5) is 24.8. The smallest absolute Gasteiger partial charge is 0.261 e. The average Bonchev–Trinajstić information content (AvgIpc) is 2.74. The highest BCUT2D eigenvalue weighted by molar-refractivity contribution is 7.92. The Morgan fingerprint density at radius 3 is 2.19 bits per heavy atom. The number of carbonyl (C=O) groups excluding carboxylic acids is 2. The predicted octanol–water partition coefficient (Wildman–Crippen LogP) is 4.54. The van der Waals surface area contributed by atoms with Crippen LogP contribution in [-0.4, -0.2) is 20.1 Å². The first-order chi connectivity index (χ1) is 14.7. The van der Waals surface area contributed by atoms with Crippen LogP contribution in [-0.2, 0) is 14.8 Å². The van der Waals surface area contributed by atoms with E-state index in [1.807, 2.05) is 6.92 Å². The van der Waals surface area contributed by atoms with Gasteiger partial charge < -0.3 is 5.32 Å². The lowest BCUT2D eigenvalue weighted by Crippen LogP contribution is -2.17. The van der Waals surface area contributed by atoms with Crippen molar-refractivity contribution in [2.45, 2.75) is 24.7 Å². The molecule has 0 aliphatic carbocycles. The van der Waals surface area contributed by atoms with E-state index in [1.165, 1.54) is 48.5 Å². The standard InChI is InChI=1S/C23H21FN2O4S/c1-16-6-12-19(13-7-16)31(29,30)26-21-5-3-2-4-20(21)22(27)14-15-23(28)25-18-10-8-17(24)9-11-18/h2-13,26H,14-15H2,1H3,(H,25,28). The number of ketones is 1. The second-order valence-electron chi connectivity index (χ2n) is 6.94. The van der Waals surface area contributed by atoms with Crippen LogP contribution in [0.2, 0.25) is 0 Å². The van der Waals surface area contributed by atoms with Gasteiger partial charge in [-0.1, -0.05) is 29.8 Å². The van der Waals surface area contributed by atoms with Crippen molar-refractivity contribution in [2.24, 2.45) is 0 Å². The van der Waals surface area contributed by atoms with Gasteiger partial charge in [0.05, 0.1) is 10.6 Å². The van der Waals surface area contributed by atoms with Crippen LogP contribution < -0.4 is 10.0 Å². The van der Waals surface area contributed by atoms with Gasteiger partial charge in [-0.2, -0.15) is 0 Å². The molecule has 3 aromatic carbocycles. The van der Waals surface area contributed by atoms with Crippen molar-refractivity contribution in [3.8, 4) is 0 Å². The minimum Gasteiger partial charge on any atom is -0.326 e. The van der Waals surface area contributed by atoms with Crippen LogP contribution >= 0.6 is 0 Å². The third kappa shape index (κ3) is 5.99. The first-order valence-corrected chi connectivity index (χ1v) is 11.0. The number of aryl methyl sites for hydroxylation is 1. The SMILES string of the molecule is Cc1ccc(S(=O)(=O)Nc2ccccc2C(=O)CCC(=O)Nc2ccc(F)cc2)cc1. The molecule has 2 N–H and O–H groups in total. The molecule has 8 heteroatoms. The molecule has 160 valence electrons. The molecule has 0 unspecified atom stereocenters. The molecule has 0 saturated carbocycles. The first-order valence-electron chi connectivity index (χ1n) is 9.52. The Balaban J connectivity index is 1.67. The van der Waals surface area contributed by atoms with Gasteiger partial charge in [-0.05, 0) is 55.5 Å². The molecule has 0 heterocycles. The van der Waals surface area contributed by atoms with E-state index in [4.69, 9.17) is 0 Å². The van der Waals surface area contributed by atoms with Gasteiger partial charge in [-0.25, -0.2) is 12.8 Å². The topological polar surface area (TPSA) is 92.3 Å². The Labute approximate surface area is 180 Å². The number of halogens is 1. The van der Waals surface area contributed by atoms with Crippen molar-refractivity contribution < 1.29 is 22.4 Å². The van der Waals surface area contributed by atoms with Crippen molar-refractivity contribution >= 4 is 33.1 Å². The highest BCUT2D eigenvalue weighted by Gasteiger charge is 2.19. The Bertz CT molecular complexity index is 1190. The van der Waals surface area contributed by atoms with Crippen LogP contribution in [0.3, 0.4) is 0 Å². The molecule has 6 nitrogen and oxygen atoms in total. The Hall–Kier alpha value is -3.52. The largest absolute Gasteiger partial charge is 0.326 e. The van der Waals surface area contributed by atoms with Crippen LogP contribution in [0, 0.1) is 12.7 Å². The number of Topliss-reactive ketones (excluding diaryl/α,β-unsaturated/α-hetero) is 1. The van der Waals surface area contributed by atoms with E-state index in [9.17, 15) is 22.4 Å². The third-order valence-corrected chi connectivity index (χ3v) is 5.89. The fourth-order valence-electron chi connectivity index (χ4n) is 2.85. The summed E-state index contributed by atoms with van der Waals surface area (Å²) in [7, 11) is -3.87. The zero-order valence-corrected chi connectivity index (χ0v) is 17.6. The normalized spacial score (nSPS) is 11.0. The number of hydrogen-bond acceptors (Lipinski definition) is 4. The molecular formula is C23H21FN2O4S. The van der Waals surface area contributed by atoms with Gasteiger partial charge in [0.25, 0.3) is 10.0 Å². The number of para-hydroxylation sites is 1. The summed E-state index contributed by atoms with van der Waals surface area (Å²) < 4.78 is 40.7. The molecule has 0 bridgehead atoms. The van der Waals surface area contributed by atoms with Gasteiger partial charge in [0, 0.05) is 24.1 Å². The van der Waals surface area contributed by atoms with Gasteiger partial charge in [0.1, 0.15) is 5.82 Å². The highest BCUT2D eigenvalue weighted by Crippen LogP contribution is 2.22. The molecule has 0 aromatic heterocycles. The Morgan fingerprint density at radius 2 is 1.52 bits per heavy atom. The van der Waals surface area contributed by atoms with Crippen molar-refractivity contribution in [1.82, 2.24) is 0 Å². The van der Waals surface area contributed by atoms with Crippen molar-refractivity contribution in [1.29, 1.82) is 0 Å². The lowest BCUT2D eigenvalue weighted by molar-refractivity contribution is -0.116. The molecule has 3 rings (SSSR count). The number of carbonyl (C=O) groups is 2. The number of anilines is 2. The zero-order chi connectivity index (χ0) is 22.4. The Kier molecular flexibility index (Phi) is 6.81. The summed E-state index contributed by atoms with van der Waals surface area (Å²) in [5.41, 5.74) is 1.67. The summed E-state index contributed by atoms with van der Waals surface area (Å²) in [6.45, 7) is 1.85. The minimum atomic E-state index is -3.87. The van der Waals surface area contributed by atoms with Crippen LogP contribution in [0.25, 0.3) is 0 Å². The lowest BCUT2D eigenvalue weighted by Gasteiger charge is -2.12. The number of hydrogen-bond donors (Lipinski definition) is 2. The molecule has 1 amide bonds. The van der Waals surface area contributed by atoms with Crippen LogP contribution in [0.4, 0.5) is 15.8 Å². The molecule has 0 aliphatic heterocycles. The molecule has 0 aliphatic rings. The molecule has 3 aromatic rings. The fraction of sp³-hybridized carbons (Fsp3) is 0.130. The van der Waals surface area contributed by atoms with Crippen molar-refractivity contribution in [3.63, 3.8) is 0 Å². The summed E-state index contributed by atoms with van der Waals surface area (Å²) in [6, 6.07) is 17.9. The van der Waals surface area contributed by atoms with E-state index in [0.717, 1.165) is 5.56 Å². The zero-order valence-electron chi connectivity index (χ0n) is 16.8. The van der Waals surface area contributed by atoms with E-state index < -0.39 is 21.7 Å². The van der Waals surface area contributed by atoms with Crippen molar-refractivity contribution in [2.75, 3.05) is 10.0 Å². The molecule has 0 atom stereocenters. The van der Waals surface area contributed by atoms with Crippen LogP contribution in [0.1, 0.15) is 28.8 Å². The molecule has 0 radical (unpaired) electrons. The maximum Gasteiger partial charge on any atom is 0.261 e. The number of amides is 1. The van der Waals surface area contributed by atoms with Gasteiger partial charge >= 0.3 is 0 Å². The number of benzene rings is 3. The summed E-state index contributed by atoms with van der Waals surface area (Å²) in [5.74, 6) is -1.20.